The molecule has 0 aliphatic carbocycles. The molecule has 1 aliphatic rings. The Morgan fingerprint density at radius 1 is 1.00 bits per heavy atom. The van der Waals surface area contributed by atoms with Crippen LogP contribution in [0.25, 0.3) is 0 Å². The van der Waals surface area contributed by atoms with Crippen molar-refractivity contribution in [3.63, 3.8) is 0 Å². The molecule has 0 aromatic heterocycles. The first kappa shape index (κ1) is 19.4. The molecule has 3 heteroatoms. The van der Waals surface area contributed by atoms with Crippen molar-refractivity contribution in [2.75, 3.05) is 0 Å². The fourth-order valence-corrected chi connectivity index (χ4v) is 2.22. The van der Waals surface area contributed by atoms with Crippen LogP contribution in [0.5, 0.6) is 0 Å². The molecule has 0 aromatic carbocycles. The lowest BCUT2D eigenvalue weighted by molar-refractivity contribution is -0.137. The third-order valence-corrected chi connectivity index (χ3v) is 3.66. The van der Waals surface area contributed by atoms with Crippen molar-refractivity contribution >= 4 is 5.97 Å². The van der Waals surface area contributed by atoms with Crippen molar-refractivity contribution in [1.82, 2.24) is 0 Å². The number of epoxide rings is 1. The molecule has 0 aromatic rings. The van der Waals surface area contributed by atoms with Gasteiger partial charge in [0.25, 0.3) is 0 Å². The summed E-state index contributed by atoms with van der Waals surface area (Å²) in [4.78, 5) is 10.3. The molecular formula is C20H30O3. The number of carboxylic acids is 1. The maximum Gasteiger partial charge on any atom is 0.303 e. The van der Waals surface area contributed by atoms with E-state index >= 15 is 0 Å². The lowest BCUT2D eigenvalue weighted by Gasteiger charge is -1.91. The summed E-state index contributed by atoms with van der Waals surface area (Å²) in [7, 11) is 0. The highest BCUT2D eigenvalue weighted by atomic mass is 16.6. The average molecular weight is 318 g/mol. The third kappa shape index (κ3) is 11.6. The summed E-state index contributed by atoms with van der Waals surface area (Å²) in [6, 6.07) is 0. The van der Waals surface area contributed by atoms with Crippen LogP contribution >= 0.6 is 0 Å². The van der Waals surface area contributed by atoms with Gasteiger partial charge in [-0.1, -0.05) is 68.4 Å². The number of carbonyl (C=O) groups is 1. The zero-order chi connectivity index (χ0) is 16.8. The van der Waals surface area contributed by atoms with E-state index in [0.29, 0.717) is 12.5 Å². The van der Waals surface area contributed by atoms with E-state index in [1.165, 1.54) is 25.7 Å². The van der Waals surface area contributed by atoms with Crippen molar-refractivity contribution in [2.24, 2.45) is 0 Å². The molecule has 3 nitrogen and oxygen atoms in total. The monoisotopic (exact) mass is 318 g/mol. The second kappa shape index (κ2) is 12.9. The predicted octanol–water partition coefficient (Wildman–Crippen LogP) is 5.20. The second-order valence-corrected chi connectivity index (χ2v) is 5.83. The van der Waals surface area contributed by atoms with Gasteiger partial charge in [0.15, 0.2) is 0 Å². The first-order chi connectivity index (χ1) is 11.2. The number of hydrogen-bond donors (Lipinski definition) is 1. The Hall–Kier alpha value is -1.61. The van der Waals surface area contributed by atoms with Gasteiger partial charge in [-0.25, -0.2) is 0 Å². The van der Waals surface area contributed by atoms with E-state index in [4.69, 9.17) is 9.84 Å². The largest absolute Gasteiger partial charge is 0.481 e. The molecule has 0 amide bonds. The standard InChI is InChI=1S/C20H30O3/c1-2-3-4-5-9-12-15-18-19(23-18)16-13-10-7-6-8-11-14-17-20(21)22/h6-10,12-13,16,18-19H,2-5,11,14-15,17H2,1H3,(H,21,22)/b8-6+,10-7+,12-9+,16-13+. The van der Waals surface area contributed by atoms with Crippen molar-refractivity contribution in [3.05, 3.63) is 48.6 Å². The van der Waals surface area contributed by atoms with Gasteiger partial charge in [0, 0.05) is 6.42 Å². The minimum atomic E-state index is -0.730. The molecule has 0 spiro atoms. The topological polar surface area (TPSA) is 49.8 Å². The van der Waals surface area contributed by atoms with E-state index in [1.54, 1.807) is 0 Å². The second-order valence-electron chi connectivity index (χ2n) is 5.83. The van der Waals surface area contributed by atoms with Crippen molar-refractivity contribution in [1.29, 1.82) is 0 Å². The first-order valence-electron chi connectivity index (χ1n) is 8.76. The van der Waals surface area contributed by atoms with Gasteiger partial charge in [-0.05, 0) is 32.1 Å². The summed E-state index contributed by atoms with van der Waals surface area (Å²) in [6.07, 6.45) is 24.9. The number of unbranched alkanes of at least 4 members (excludes halogenated alkanes) is 4. The Bertz CT molecular complexity index is 432. The Morgan fingerprint density at radius 2 is 1.78 bits per heavy atom. The van der Waals surface area contributed by atoms with Gasteiger partial charge in [-0.2, -0.15) is 0 Å². The highest BCUT2D eigenvalue weighted by Crippen LogP contribution is 2.26. The lowest BCUT2D eigenvalue weighted by Crippen LogP contribution is -1.92. The molecule has 1 rings (SSSR count). The van der Waals surface area contributed by atoms with Crippen LogP contribution in [-0.4, -0.2) is 23.3 Å². The van der Waals surface area contributed by atoms with Gasteiger partial charge in [0.2, 0.25) is 0 Å². The number of rotatable bonds is 13. The maximum atomic E-state index is 10.3. The highest BCUT2D eigenvalue weighted by molar-refractivity contribution is 5.66. The summed E-state index contributed by atoms with van der Waals surface area (Å²) in [5, 5.41) is 8.50. The van der Waals surface area contributed by atoms with Crippen LogP contribution in [0, 0.1) is 0 Å². The van der Waals surface area contributed by atoms with Crippen molar-refractivity contribution < 1.29 is 14.6 Å². The molecule has 23 heavy (non-hydrogen) atoms. The van der Waals surface area contributed by atoms with Crippen LogP contribution in [0.3, 0.4) is 0 Å². The van der Waals surface area contributed by atoms with Gasteiger partial charge in [-0.15, -0.1) is 0 Å². The Kier molecular flexibility index (Phi) is 10.9. The van der Waals surface area contributed by atoms with Crippen LogP contribution in [0.4, 0.5) is 0 Å². The quantitative estimate of drug-likeness (QED) is 0.220. The zero-order valence-corrected chi connectivity index (χ0v) is 14.2. The fourth-order valence-electron chi connectivity index (χ4n) is 2.22. The molecule has 1 aliphatic heterocycles. The highest BCUT2D eigenvalue weighted by Gasteiger charge is 2.34. The maximum absolute atomic E-state index is 10.3. The van der Waals surface area contributed by atoms with Gasteiger partial charge >= 0.3 is 5.97 Å². The summed E-state index contributed by atoms with van der Waals surface area (Å²) < 4.78 is 5.58. The lowest BCUT2D eigenvalue weighted by atomic mass is 10.1. The first-order valence-corrected chi connectivity index (χ1v) is 8.76. The Balaban J connectivity index is 2.01. The normalized spacial score (nSPS) is 21.3. The van der Waals surface area contributed by atoms with Crippen molar-refractivity contribution in [3.8, 4) is 0 Å². The summed E-state index contributed by atoms with van der Waals surface area (Å²) in [5.74, 6) is -0.730. The smallest absolute Gasteiger partial charge is 0.303 e. The summed E-state index contributed by atoms with van der Waals surface area (Å²) in [6.45, 7) is 2.22. The minimum Gasteiger partial charge on any atom is -0.481 e. The van der Waals surface area contributed by atoms with Gasteiger partial charge in [0.1, 0.15) is 6.10 Å². The zero-order valence-electron chi connectivity index (χ0n) is 14.2. The molecule has 0 radical (unpaired) electrons. The molecule has 1 N–H and O–H groups in total. The molecule has 0 bridgehead atoms. The molecule has 2 atom stereocenters. The number of aliphatic carboxylic acids is 1. The summed E-state index contributed by atoms with van der Waals surface area (Å²) in [5.41, 5.74) is 0. The van der Waals surface area contributed by atoms with E-state index in [-0.39, 0.29) is 12.5 Å². The van der Waals surface area contributed by atoms with Gasteiger partial charge < -0.3 is 9.84 Å². The number of carboxylic acid groups (broad SMARTS) is 1. The van der Waals surface area contributed by atoms with Crippen LogP contribution in [0.15, 0.2) is 48.6 Å². The minimum absolute atomic E-state index is 0.238. The van der Waals surface area contributed by atoms with E-state index in [9.17, 15) is 4.79 Å². The van der Waals surface area contributed by atoms with Gasteiger partial charge in [-0.3, -0.25) is 4.79 Å². The van der Waals surface area contributed by atoms with E-state index < -0.39 is 5.97 Å². The molecule has 1 heterocycles. The van der Waals surface area contributed by atoms with Crippen LogP contribution in [-0.2, 0) is 9.53 Å². The molecule has 1 fully saturated rings. The molecular weight excluding hydrogens is 288 g/mol. The number of hydrogen-bond acceptors (Lipinski definition) is 2. The number of ether oxygens (including phenoxy) is 1. The van der Waals surface area contributed by atoms with Crippen LogP contribution < -0.4 is 0 Å². The Morgan fingerprint density at radius 3 is 2.57 bits per heavy atom. The average Bonchev–Trinajstić information content (AvgIpc) is 3.27. The summed E-state index contributed by atoms with van der Waals surface area (Å²) >= 11 is 0. The SMILES string of the molecule is CCCCC/C=C/CC1OC1/C=C/C=C/C=C/CCCC(=O)O. The van der Waals surface area contributed by atoms with Gasteiger partial charge in [0.05, 0.1) is 6.10 Å². The van der Waals surface area contributed by atoms with E-state index in [0.717, 1.165) is 12.8 Å². The molecule has 0 saturated carbocycles. The number of allylic oxidation sites excluding steroid dienone is 6. The Labute approximate surface area is 140 Å². The van der Waals surface area contributed by atoms with E-state index in [1.807, 2.05) is 30.4 Å². The molecule has 1 saturated heterocycles. The molecule has 128 valence electrons. The third-order valence-electron chi connectivity index (χ3n) is 3.66. The van der Waals surface area contributed by atoms with Crippen molar-refractivity contribution in [2.45, 2.75) is 70.5 Å². The fraction of sp³-hybridized carbons (Fsp3) is 0.550. The van der Waals surface area contributed by atoms with Crippen LogP contribution in [0.1, 0.15) is 58.3 Å². The predicted molar refractivity (Wildman–Crippen MR) is 95.5 cm³/mol. The van der Waals surface area contributed by atoms with Crippen LogP contribution in [0.2, 0.25) is 0 Å². The van der Waals surface area contributed by atoms with E-state index in [2.05, 4.69) is 25.2 Å². The molecule has 2 unspecified atom stereocenters.